The molecule has 0 aliphatic carbocycles. The molecule has 6 nitrogen and oxygen atoms in total. The number of carbonyl (C=O) groups excluding carboxylic acids is 2. The molecule has 1 aliphatic rings. The van der Waals surface area contributed by atoms with Gasteiger partial charge in [-0.25, -0.2) is 4.68 Å². The summed E-state index contributed by atoms with van der Waals surface area (Å²) in [6.07, 6.45) is 0.0726. The number of fused-ring (bicyclic) bond motifs is 2. The second-order valence-electron chi connectivity index (χ2n) is 7.42. The summed E-state index contributed by atoms with van der Waals surface area (Å²) in [5, 5.41) is 8.40. The van der Waals surface area contributed by atoms with Crippen molar-refractivity contribution in [3.8, 4) is 5.69 Å². The van der Waals surface area contributed by atoms with Crippen LogP contribution in [0, 0.1) is 13.8 Å². The zero-order valence-electron chi connectivity index (χ0n) is 16.1. The van der Waals surface area contributed by atoms with E-state index < -0.39 is 5.92 Å². The summed E-state index contributed by atoms with van der Waals surface area (Å²) >= 11 is 0. The lowest BCUT2D eigenvalue weighted by Crippen LogP contribution is -2.28. The number of furan rings is 1. The second kappa shape index (κ2) is 6.44. The molecular formula is C23H19N3O3. The quantitative estimate of drug-likeness (QED) is 0.525. The number of aryl methyl sites for hydroxylation is 2. The predicted octanol–water partition coefficient (Wildman–Crippen LogP) is 4.54. The Bertz CT molecular complexity index is 1250. The van der Waals surface area contributed by atoms with Crippen LogP contribution in [-0.2, 0) is 4.79 Å². The fourth-order valence-corrected chi connectivity index (χ4v) is 3.99. The Morgan fingerprint density at radius 2 is 1.97 bits per heavy atom. The monoisotopic (exact) mass is 385 g/mol. The van der Waals surface area contributed by atoms with E-state index in [4.69, 9.17) is 4.42 Å². The van der Waals surface area contributed by atoms with Gasteiger partial charge < -0.3 is 9.73 Å². The van der Waals surface area contributed by atoms with Crippen molar-refractivity contribution in [2.75, 3.05) is 5.32 Å². The Hall–Kier alpha value is -3.67. The largest absolute Gasteiger partial charge is 0.453 e. The van der Waals surface area contributed by atoms with Gasteiger partial charge in [0, 0.05) is 17.4 Å². The summed E-state index contributed by atoms with van der Waals surface area (Å²) in [7, 11) is 0. The minimum atomic E-state index is -0.627. The van der Waals surface area contributed by atoms with E-state index in [0.29, 0.717) is 11.4 Å². The third-order valence-electron chi connectivity index (χ3n) is 5.33. The molecule has 1 amide bonds. The number of aromatic nitrogens is 2. The number of rotatable bonds is 3. The number of Topliss-reactive ketones (excluding diaryl/α,β-unsaturated/α-hetero) is 1. The van der Waals surface area contributed by atoms with Gasteiger partial charge in [0.1, 0.15) is 11.4 Å². The molecule has 2 aromatic carbocycles. The standard InChI is InChI=1S/C23H19N3O3/c1-13-6-5-8-16(10-13)26-23-21(14(2)25-26)17(12-20(27)24-23)22(28)19-11-15-7-3-4-9-18(15)29-19/h3-11,17H,12H2,1-2H3,(H,24,27)/t17-/m1/s1. The molecule has 0 fully saturated rings. The molecule has 29 heavy (non-hydrogen) atoms. The third kappa shape index (κ3) is 2.84. The molecule has 4 aromatic rings. The summed E-state index contributed by atoms with van der Waals surface area (Å²) in [6, 6.07) is 17.1. The number of amides is 1. The van der Waals surface area contributed by atoms with Crippen molar-refractivity contribution < 1.29 is 14.0 Å². The van der Waals surface area contributed by atoms with Crippen molar-refractivity contribution in [2.24, 2.45) is 0 Å². The van der Waals surface area contributed by atoms with Crippen molar-refractivity contribution in [3.05, 3.63) is 77.2 Å². The van der Waals surface area contributed by atoms with Gasteiger partial charge in [0.15, 0.2) is 5.76 Å². The lowest BCUT2D eigenvalue weighted by Gasteiger charge is -2.22. The van der Waals surface area contributed by atoms with Crippen molar-refractivity contribution in [1.29, 1.82) is 0 Å². The lowest BCUT2D eigenvalue weighted by molar-refractivity contribution is -0.116. The number of carbonyl (C=O) groups is 2. The highest BCUT2D eigenvalue weighted by Gasteiger charge is 2.37. The summed E-state index contributed by atoms with van der Waals surface area (Å²) in [4.78, 5) is 25.8. The van der Waals surface area contributed by atoms with Crippen molar-refractivity contribution >= 4 is 28.5 Å². The number of hydrogen-bond donors (Lipinski definition) is 1. The van der Waals surface area contributed by atoms with E-state index in [0.717, 1.165) is 27.9 Å². The molecule has 0 unspecified atom stereocenters. The summed E-state index contributed by atoms with van der Waals surface area (Å²) in [6.45, 7) is 3.86. The van der Waals surface area contributed by atoms with Gasteiger partial charge in [-0.15, -0.1) is 0 Å². The highest BCUT2D eigenvalue weighted by atomic mass is 16.3. The van der Waals surface area contributed by atoms with Crippen LogP contribution in [0.25, 0.3) is 16.7 Å². The number of hydrogen-bond acceptors (Lipinski definition) is 4. The Balaban J connectivity index is 1.62. The van der Waals surface area contributed by atoms with Gasteiger partial charge in [0.25, 0.3) is 0 Å². The first-order valence-corrected chi connectivity index (χ1v) is 9.50. The smallest absolute Gasteiger partial charge is 0.226 e. The number of para-hydroxylation sites is 1. The minimum absolute atomic E-state index is 0.0726. The first-order valence-electron chi connectivity index (χ1n) is 9.50. The van der Waals surface area contributed by atoms with E-state index in [1.165, 1.54) is 0 Å². The van der Waals surface area contributed by atoms with Crippen LogP contribution in [0.1, 0.15) is 39.7 Å². The maximum absolute atomic E-state index is 13.3. The van der Waals surface area contributed by atoms with Crippen LogP contribution in [-0.4, -0.2) is 21.5 Å². The molecule has 6 heteroatoms. The van der Waals surface area contributed by atoms with Gasteiger partial charge >= 0.3 is 0 Å². The fraction of sp³-hybridized carbons (Fsp3) is 0.174. The number of nitrogens with one attached hydrogen (secondary N) is 1. The van der Waals surface area contributed by atoms with E-state index >= 15 is 0 Å². The number of benzene rings is 2. The molecule has 0 saturated carbocycles. The molecule has 0 bridgehead atoms. The van der Waals surface area contributed by atoms with Crippen LogP contribution in [0.4, 0.5) is 5.82 Å². The second-order valence-corrected chi connectivity index (χ2v) is 7.42. The topological polar surface area (TPSA) is 77.1 Å². The van der Waals surface area contributed by atoms with Gasteiger partial charge in [-0.2, -0.15) is 5.10 Å². The minimum Gasteiger partial charge on any atom is -0.453 e. The first kappa shape index (κ1) is 17.4. The van der Waals surface area contributed by atoms with E-state index in [2.05, 4.69) is 10.4 Å². The highest BCUT2D eigenvalue weighted by Crippen LogP contribution is 2.39. The molecular weight excluding hydrogens is 366 g/mol. The molecule has 0 spiro atoms. The molecule has 1 N–H and O–H groups in total. The van der Waals surface area contributed by atoms with Crippen LogP contribution < -0.4 is 5.32 Å². The van der Waals surface area contributed by atoms with Gasteiger partial charge in [-0.1, -0.05) is 30.3 Å². The van der Waals surface area contributed by atoms with Crippen LogP contribution in [0.15, 0.2) is 59.0 Å². The Morgan fingerprint density at radius 1 is 1.14 bits per heavy atom. The van der Waals surface area contributed by atoms with Gasteiger partial charge in [0.2, 0.25) is 11.7 Å². The molecule has 5 rings (SSSR count). The van der Waals surface area contributed by atoms with E-state index in [1.807, 2.05) is 62.4 Å². The molecule has 0 saturated heterocycles. The Morgan fingerprint density at radius 3 is 2.76 bits per heavy atom. The van der Waals surface area contributed by atoms with Gasteiger partial charge in [-0.3, -0.25) is 9.59 Å². The van der Waals surface area contributed by atoms with Crippen molar-refractivity contribution in [1.82, 2.24) is 9.78 Å². The fourth-order valence-electron chi connectivity index (χ4n) is 3.99. The van der Waals surface area contributed by atoms with Crippen LogP contribution >= 0.6 is 0 Å². The van der Waals surface area contributed by atoms with E-state index in [1.54, 1.807) is 10.7 Å². The number of ketones is 1. The van der Waals surface area contributed by atoms with Crippen molar-refractivity contribution in [3.63, 3.8) is 0 Å². The van der Waals surface area contributed by atoms with Gasteiger partial charge in [0.05, 0.1) is 17.3 Å². The molecule has 2 aromatic heterocycles. The summed E-state index contributed by atoms with van der Waals surface area (Å²) in [5.41, 5.74) is 4.05. The normalized spacial score (nSPS) is 15.9. The highest BCUT2D eigenvalue weighted by molar-refractivity contribution is 6.08. The molecule has 1 aliphatic heterocycles. The van der Waals surface area contributed by atoms with Crippen LogP contribution in [0.5, 0.6) is 0 Å². The average Bonchev–Trinajstić information content (AvgIpc) is 3.28. The lowest BCUT2D eigenvalue weighted by atomic mass is 9.87. The SMILES string of the molecule is Cc1cccc(-n2nc(C)c3c2NC(=O)C[C@H]3C(=O)c2cc3ccccc3o2)c1. The average molecular weight is 385 g/mol. The number of anilines is 1. The molecule has 0 radical (unpaired) electrons. The predicted molar refractivity (Wildman–Crippen MR) is 110 cm³/mol. The Kier molecular flexibility index (Phi) is 3.87. The molecule has 1 atom stereocenters. The van der Waals surface area contributed by atoms with E-state index in [-0.39, 0.29) is 23.9 Å². The zero-order chi connectivity index (χ0) is 20.1. The number of nitrogens with zero attached hydrogens (tertiary/aromatic N) is 2. The van der Waals surface area contributed by atoms with Crippen LogP contribution in [0.2, 0.25) is 0 Å². The summed E-state index contributed by atoms with van der Waals surface area (Å²) in [5.74, 6) is -0.221. The van der Waals surface area contributed by atoms with Gasteiger partial charge in [-0.05, 0) is 43.7 Å². The zero-order valence-corrected chi connectivity index (χ0v) is 16.1. The van der Waals surface area contributed by atoms with E-state index in [9.17, 15) is 9.59 Å². The Labute approximate surface area is 167 Å². The van der Waals surface area contributed by atoms with Crippen LogP contribution in [0.3, 0.4) is 0 Å². The van der Waals surface area contributed by atoms with Crippen molar-refractivity contribution in [2.45, 2.75) is 26.2 Å². The molecule has 144 valence electrons. The third-order valence-corrected chi connectivity index (χ3v) is 5.33. The maximum atomic E-state index is 13.3. The molecule has 3 heterocycles. The first-order chi connectivity index (χ1) is 14.0. The summed E-state index contributed by atoms with van der Waals surface area (Å²) < 4.78 is 7.47. The maximum Gasteiger partial charge on any atom is 0.226 e.